The van der Waals surface area contributed by atoms with E-state index in [1.807, 2.05) is 71.0 Å². The van der Waals surface area contributed by atoms with Crippen LogP contribution in [0.4, 0.5) is 0 Å². The lowest BCUT2D eigenvalue weighted by Crippen LogP contribution is -2.43. The first-order valence-electron chi connectivity index (χ1n) is 13.8. The predicted octanol–water partition coefficient (Wildman–Crippen LogP) is 5.34. The largest absolute Gasteiger partial charge is 0.493 e. The van der Waals surface area contributed by atoms with Gasteiger partial charge in [0.2, 0.25) is 5.88 Å². The maximum Gasteiger partial charge on any atom is 0.350 e. The molecule has 1 aromatic heterocycles. The third-order valence-corrected chi connectivity index (χ3v) is 6.80. The molecule has 2 aromatic carbocycles. The summed E-state index contributed by atoms with van der Waals surface area (Å²) in [5.41, 5.74) is 3.05. The summed E-state index contributed by atoms with van der Waals surface area (Å²) in [4.78, 5) is 25.7. The molecule has 3 rings (SSSR count). The number of methoxy groups -OCH3 is 1. The van der Waals surface area contributed by atoms with Crippen molar-refractivity contribution in [3.8, 4) is 11.6 Å². The molecule has 0 atom stereocenters. The number of benzene rings is 2. The number of aryl methyl sites for hydroxylation is 3. The zero-order valence-electron chi connectivity index (χ0n) is 25.2. The van der Waals surface area contributed by atoms with E-state index in [-0.39, 0.29) is 11.6 Å². The molecular weight excluding hydrogens is 508 g/mol. The van der Waals surface area contributed by atoms with Crippen LogP contribution in [0.3, 0.4) is 0 Å². The molecule has 0 aliphatic carbocycles. The van der Waals surface area contributed by atoms with Crippen molar-refractivity contribution < 1.29 is 24.1 Å². The number of esters is 1. The smallest absolute Gasteiger partial charge is 0.350 e. The normalized spacial score (nSPS) is 12.0. The number of ether oxygens (including phenoxy) is 3. The lowest BCUT2D eigenvalue weighted by atomic mass is 10.1. The van der Waals surface area contributed by atoms with Gasteiger partial charge in [-0.1, -0.05) is 30.3 Å². The molecule has 3 aromatic rings. The Kier molecular flexibility index (Phi) is 9.90. The van der Waals surface area contributed by atoms with E-state index in [2.05, 4.69) is 6.07 Å². The van der Waals surface area contributed by atoms with Gasteiger partial charge in [-0.05, 0) is 102 Å². The Balaban J connectivity index is 1.69. The number of imidazole rings is 1. The molecule has 0 radical (unpaired) electrons. The van der Waals surface area contributed by atoms with E-state index >= 15 is 0 Å². The summed E-state index contributed by atoms with van der Waals surface area (Å²) in [5, 5.41) is 11.1. The quantitative estimate of drug-likeness (QED) is 0.305. The highest BCUT2D eigenvalue weighted by Crippen LogP contribution is 2.24. The lowest BCUT2D eigenvalue weighted by Gasteiger charge is -2.29. The molecule has 0 spiro atoms. The highest BCUT2D eigenvalue weighted by atomic mass is 16.6. The van der Waals surface area contributed by atoms with Gasteiger partial charge in [0, 0.05) is 7.11 Å². The molecule has 0 saturated carbocycles. The molecule has 0 unspecified atom stereocenters. The van der Waals surface area contributed by atoms with Gasteiger partial charge in [-0.3, -0.25) is 9.13 Å². The number of aromatic nitrogens is 2. The number of hydrogen-bond acceptors (Lipinski definition) is 6. The van der Waals surface area contributed by atoms with Gasteiger partial charge in [0.15, 0.2) is 5.60 Å². The Bertz CT molecular complexity index is 1360. The van der Waals surface area contributed by atoms with Gasteiger partial charge in [0.05, 0.1) is 25.4 Å². The van der Waals surface area contributed by atoms with Gasteiger partial charge in [0.1, 0.15) is 11.4 Å². The number of nitrogens with zero attached hydrogens (tertiary/aromatic N) is 2. The molecule has 40 heavy (non-hydrogen) atoms. The molecule has 0 amide bonds. The first kappa shape index (κ1) is 31.0. The van der Waals surface area contributed by atoms with Crippen LogP contribution in [0.25, 0.3) is 0 Å². The van der Waals surface area contributed by atoms with E-state index < -0.39 is 17.2 Å². The van der Waals surface area contributed by atoms with Crippen LogP contribution in [0, 0.1) is 13.8 Å². The van der Waals surface area contributed by atoms with E-state index in [1.54, 1.807) is 25.5 Å². The zero-order valence-corrected chi connectivity index (χ0v) is 25.2. The number of carbonyl (C=O) groups excluding carboxylic acids is 1. The topological polar surface area (TPSA) is 91.9 Å². The molecule has 0 fully saturated rings. The van der Waals surface area contributed by atoms with Crippen molar-refractivity contribution in [1.82, 2.24) is 9.13 Å². The van der Waals surface area contributed by atoms with Gasteiger partial charge < -0.3 is 19.3 Å². The summed E-state index contributed by atoms with van der Waals surface area (Å²) in [7, 11) is 1.60. The Morgan fingerprint density at radius 1 is 0.900 bits per heavy atom. The molecule has 1 heterocycles. The minimum Gasteiger partial charge on any atom is -0.493 e. The Labute approximate surface area is 237 Å². The summed E-state index contributed by atoms with van der Waals surface area (Å²) >= 11 is 0. The first-order valence-corrected chi connectivity index (χ1v) is 13.8. The summed E-state index contributed by atoms with van der Waals surface area (Å²) in [6.45, 7) is 14.0. The highest BCUT2D eigenvalue weighted by Gasteiger charge is 2.34. The highest BCUT2D eigenvalue weighted by molar-refractivity contribution is 5.79. The molecule has 0 bridgehead atoms. The fourth-order valence-electron chi connectivity index (χ4n) is 4.44. The van der Waals surface area contributed by atoms with E-state index in [4.69, 9.17) is 14.2 Å². The van der Waals surface area contributed by atoms with Crippen LogP contribution in [-0.4, -0.2) is 45.1 Å². The average Bonchev–Trinajstić information content (AvgIpc) is 3.08. The van der Waals surface area contributed by atoms with Crippen LogP contribution in [0.15, 0.2) is 47.3 Å². The fraction of sp³-hybridized carbons (Fsp3) is 0.500. The Morgan fingerprint density at radius 2 is 1.55 bits per heavy atom. The maximum atomic E-state index is 13.2. The minimum atomic E-state index is -1.12. The standard InChI is InChI=1S/C32H44N2O6/c1-22-12-13-25(20-23(22)2)21-34-28(35)27(33(30(34)37)18-19-38-8)11-9-10-24-14-16-26(17-15-24)39-32(6,7)29(36)40-31(3,4)5/h12-17,20,35H,9-11,18-19,21H2,1-8H3. The van der Waals surface area contributed by atoms with Crippen molar-refractivity contribution in [2.45, 2.75) is 92.0 Å². The van der Waals surface area contributed by atoms with Crippen LogP contribution in [0.1, 0.15) is 69.0 Å². The van der Waals surface area contributed by atoms with Crippen LogP contribution in [0.2, 0.25) is 0 Å². The number of carbonyl (C=O) groups is 1. The average molecular weight is 553 g/mol. The molecule has 1 N–H and O–H groups in total. The van der Waals surface area contributed by atoms with Gasteiger partial charge >= 0.3 is 11.7 Å². The molecular formula is C32H44N2O6. The summed E-state index contributed by atoms with van der Waals surface area (Å²) in [6, 6.07) is 13.7. The number of rotatable bonds is 12. The molecule has 0 aliphatic heterocycles. The molecule has 0 aliphatic rings. The SMILES string of the molecule is COCCn1c(CCCc2ccc(OC(C)(C)C(=O)OC(C)(C)C)cc2)c(O)n(Cc2ccc(C)c(C)c2)c1=O. The third kappa shape index (κ3) is 8.01. The Morgan fingerprint density at radius 3 is 2.15 bits per heavy atom. The van der Waals surface area contributed by atoms with Gasteiger partial charge in [-0.15, -0.1) is 0 Å². The van der Waals surface area contributed by atoms with Crippen molar-refractivity contribution in [2.24, 2.45) is 0 Å². The molecule has 0 saturated heterocycles. The van der Waals surface area contributed by atoms with E-state index in [1.165, 1.54) is 10.1 Å². The van der Waals surface area contributed by atoms with Crippen LogP contribution in [0.5, 0.6) is 11.6 Å². The summed E-state index contributed by atoms with van der Waals surface area (Å²) < 4.78 is 19.7. The van der Waals surface area contributed by atoms with Crippen molar-refractivity contribution >= 4 is 5.97 Å². The molecule has 218 valence electrons. The Hall–Kier alpha value is -3.52. The lowest BCUT2D eigenvalue weighted by molar-refractivity contribution is -0.170. The zero-order chi connectivity index (χ0) is 29.7. The van der Waals surface area contributed by atoms with Crippen molar-refractivity contribution in [1.29, 1.82) is 0 Å². The third-order valence-electron chi connectivity index (χ3n) is 6.80. The minimum absolute atomic E-state index is 0.00690. The first-order chi connectivity index (χ1) is 18.7. The fourth-order valence-corrected chi connectivity index (χ4v) is 4.44. The van der Waals surface area contributed by atoms with E-state index in [9.17, 15) is 14.7 Å². The number of hydrogen-bond donors (Lipinski definition) is 1. The van der Waals surface area contributed by atoms with Crippen molar-refractivity contribution in [3.63, 3.8) is 0 Å². The van der Waals surface area contributed by atoms with E-state index in [0.29, 0.717) is 37.6 Å². The van der Waals surface area contributed by atoms with Gasteiger partial charge in [-0.25, -0.2) is 9.59 Å². The van der Waals surface area contributed by atoms with Crippen LogP contribution >= 0.6 is 0 Å². The second-order valence-electron chi connectivity index (χ2n) is 11.8. The summed E-state index contributed by atoms with van der Waals surface area (Å²) in [6.07, 6.45) is 2.02. The molecule has 8 nitrogen and oxygen atoms in total. The summed E-state index contributed by atoms with van der Waals surface area (Å²) in [5.74, 6) is 0.161. The van der Waals surface area contributed by atoms with Crippen LogP contribution in [-0.2, 0) is 40.2 Å². The molecule has 8 heteroatoms. The predicted molar refractivity (Wildman–Crippen MR) is 156 cm³/mol. The van der Waals surface area contributed by atoms with Gasteiger partial charge in [-0.2, -0.15) is 0 Å². The van der Waals surface area contributed by atoms with Crippen molar-refractivity contribution in [2.75, 3.05) is 13.7 Å². The van der Waals surface area contributed by atoms with Crippen molar-refractivity contribution in [3.05, 3.63) is 80.9 Å². The van der Waals surface area contributed by atoms with Crippen LogP contribution < -0.4 is 10.4 Å². The number of aromatic hydroxyl groups is 1. The second kappa shape index (κ2) is 12.8. The maximum absolute atomic E-state index is 13.2. The second-order valence-corrected chi connectivity index (χ2v) is 11.8. The van der Waals surface area contributed by atoms with E-state index in [0.717, 1.165) is 29.5 Å². The van der Waals surface area contributed by atoms with Gasteiger partial charge in [0.25, 0.3) is 0 Å². The monoisotopic (exact) mass is 552 g/mol.